The number of carboxylic acid groups (broad SMARTS) is 1. The van der Waals surface area contributed by atoms with Crippen LogP contribution in [0.25, 0.3) is 11.1 Å². The molecule has 0 fully saturated rings. The number of halogens is 3. The highest BCUT2D eigenvalue weighted by Gasteiger charge is 2.44. The number of pyridine rings is 1. The molecule has 17 nitrogen and oxygen atoms in total. The maximum absolute atomic E-state index is 14.0. The molecule has 5 aromatic carbocycles. The number of aromatic nitrogens is 1. The molecule has 1 unspecified atom stereocenters. The summed E-state index contributed by atoms with van der Waals surface area (Å²) in [5, 5.41) is 28.3. The van der Waals surface area contributed by atoms with Gasteiger partial charge in [-0.15, -0.1) is 5.53 Å². The molecule has 1 atom stereocenters. The Morgan fingerprint density at radius 3 is 2.09 bits per heavy atom. The van der Waals surface area contributed by atoms with Crippen molar-refractivity contribution in [2.24, 2.45) is 15.6 Å². The third-order valence-electron chi connectivity index (χ3n) is 12.6. The molecule has 0 radical (unpaired) electrons. The third-order valence-corrected chi connectivity index (χ3v) is 12.6. The first-order valence-corrected chi connectivity index (χ1v) is 24.2. The smallest absolute Gasteiger partial charge is 0.433 e. The highest BCUT2D eigenvalue weighted by Crippen LogP contribution is 2.45. The molecular formula is C56H50F3N9O8. The van der Waals surface area contributed by atoms with Crippen LogP contribution in [0.2, 0.25) is 0 Å². The Morgan fingerprint density at radius 1 is 0.763 bits per heavy atom. The monoisotopic (exact) mass is 1030 g/mol. The number of alkyl carbamates (subject to hydrolysis) is 1. The molecule has 1 aromatic heterocycles. The summed E-state index contributed by atoms with van der Waals surface area (Å²) in [6, 6.07) is 37.0. The number of carbonyl (C=O) groups excluding carboxylic acids is 3. The first-order chi connectivity index (χ1) is 36.8. The van der Waals surface area contributed by atoms with Crippen molar-refractivity contribution in [3.8, 4) is 28.5 Å². The summed E-state index contributed by atoms with van der Waals surface area (Å²) in [4.78, 5) is 54.6. The van der Waals surface area contributed by atoms with Crippen LogP contribution in [0.15, 0.2) is 180 Å². The van der Waals surface area contributed by atoms with E-state index in [2.05, 4.69) is 42.1 Å². The van der Waals surface area contributed by atoms with Gasteiger partial charge in [0.1, 0.15) is 29.2 Å². The average molecular weight is 1030 g/mol. The van der Waals surface area contributed by atoms with Gasteiger partial charge in [0.25, 0.3) is 11.8 Å². The van der Waals surface area contributed by atoms with Gasteiger partial charge in [0.2, 0.25) is 5.88 Å². The van der Waals surface area contributed by atoms with Crippen LogP contribution in [-0.4, -0.2) is 71.8 Å². The van der Waals surface area contributed by atoms with Crippen LogP contribution in [0.1, 0.15) is 61.9 Å². The van der Waals surface area contributed by atoms with Crippen molar-refractivity contribution in [2.45, 2.75) is 31.5 Å². The second-order valence-electron chi connectivity index (χ2n) is 17.7. The second kappa shape index (κ2) is 23.3. The molecular weight excluding hydrogens is 984 g/mol. The Labute approximate surface area is 434 Å². The molecule has 388 valence electrons. The van der Waals surface area contributed by atoms with Gasteiger partial charge in [-0.25, -0.2) is 9.78 Å². The van der Waals surface area contributed by atoms with E-state index in [9.17, 15) is 37.5 Å². The summed E-state index contributed by atoms with van der Waals surface area (Å²) in [5.41, 5.74) is 9.87. The topological polar surface area (TPSA) is 217 Å². The number of nitrogens with one attached hydrogen (secondary N) is 5. The van der Waals surface area contributed by atoms with Crippen molar-refractivity contribution >= 4 is 35.3 Å². The summed E-state index contributed by atoms with van der Waals surface area (Å²) in [7, 11) is 0. The molecule has 0 saturated heterocycles. The highest BCUT2D eigenvalue weighted by molar-refractivity contribution is 5.95. The number of carbonyl (C=O) groups is 4. The number of alkyl halides is 3. The fraction of sp³-hybridized carbons (Fsp3) is 0.196. The number of aliphatic carboxylic acids is 1. The zero-order valence-corrected chi connectivity index (χ0v) is 40.6. The molecule has 0 spiro atoms. The number of benzene rings is 5. The highest BCUT2D eigenvalue weighted by atomic mass is 19.4. The summed E-state index contributed by atoms with van der Waals surface area (Å²) in [5.74, 6) is -1.80. The van der Waals surface area contributed by atoms with Gasteiger partial charge in [0.15, 0.2) is 0 Å². The number of ether oxygens (including phenoxy) is 3. The lowest BCUT2D eigenvalue weighted by atomic mass is 9.78. The first-order valence-electron chi connectivity index (χ1n) is 24.2. The van der Waals surface area contributed by atoms with Crippen LogP contribution in [0.3, 0.4) is 0 Å². The molecule has 2 heterocycles. The minimum atomic E-state index is -4.83. The fourth-order valence-electron chi connectivity index (χ4n) is 8.82. The van der Waals surface area contributed by atoms with Crippen LogP contribution in [-0.2, 0) is 22.3 Å². The molecule has 0 bridgehead atoms. The van der Waals surface area contributed by atoms with E-state index in [1.54, 1.807) is 71.9 Å². The standard InChI is InChI=1S/C56H50F3N9O8/c57-56(58,59)48-30-36(33-62-54(73)75-35-47-45-14-4-2-12-43(45)44-13-3-5-15-46(44)47)31-50(64-48)76-42-11-8-10-38(32-42)52(70)61-27-26-60-51(69)37-16-18-39(19-17-37)65-66-40-20-22-41(23-21-40)74-29-9-28-68-49(34-63-67-68)55(53(71)72)24-6-1-7-25-55/h1-8,10-24,30-32,34,47,63,67H,9,25-29,33,35H2,(H,60,69)(H,61,70)(H,62,73)(H,71,72). The minimum absolute atomic E-state index is 0.0244. The van der Waals surface area contributed by atoms with Crippen molar-refractivity contribution in [1.82, 2.24) is 36.9 Å². The van der Waals surface area contributed by atoms with Gasteiger partial charge < -0.3 is 40.7 Å². The van der Waals surface area contributed by atoms with Gasteiger partial charge in [-0.2, -0.15) is 23.4 Å². The minimum Gasteiger partial charge on any atom is -0.494 e. The van der Waals surface area contributed by atoms with Crippen LogP contribution in [0.5, 0.6) is 17.4 Å². The van der Waals surface area contributed by atoms with Gasteiger partial charge in [-0.1, -0.05) is 78.9 Å². The molecule has 76 heavy (non-hydrogen) atoms. The van der Waals surface area contributed by atoms with E-state index in [0.29, 0.717) is 54.4 Å². The number of hydrazine groups is 2. The van der Waals surface area contributed by atoms with Crippen LogP contribution >= 0.6 is 0 Å². The number of allylic oxidation sites excluding steroid dienone is 3. The van der Waals surface area contributed by atoms with E-state index < -0.39 is 47.0 Å². The Balaban J connectivity index is 0.694. The molecule has 20 heteroatoms. The molecule has 3 amide bonds. The van der Waals surface area contributed by atoms with Crippen molar-refractivity contribution < 1.29 is 51.7 Å². The second-order valence-corrected chi connectivity index (χ2v) is 17.7. The van der Waals surface area contributed by atoms with Gasteiger partial charge in [-0.05, 0) is 107 Å². The lowest BCUT2D eigenvalue weighted by Gasteiger charge is -2.33. The number of rotatable bonds is 20. The number of nitrogens with zero attached hydrogens (tertiary/aromatic N) is 4. The van der Waals surface area contributed by atoms with Crippen molar-refractivity contribution in [3.63, 3.8) is 0 Å². The number of azo groups is 1. The number of carboxylic acids is 1. The number of fused-ring (bicyclic) bond motifs is 3. The number of amides is 3. The average Bonchev–Trinajstić information content (AvgIpc) is 4.08. The first kappa shape index (κ1) is 51.6. The zero-order chi connectivity index (χ0) is 53.1. The quantitative estimate of drug-likeness (QED) is 0.0311. The third kappa shape index (κ3) is 12.4. The zero-order valence-electron chi connectivity index (χ0n) is 40.6. The maximum Gasteiger partial charge on any atom is 0.433 e. The lowest BCUT2D eigenvalue weighted by molar-refractivity contribution is -0.145. The van der Waals surface area contributed by atoms with E-state index in [0.717, 1.165) is 28.3 Å². The normalized spacial score (nSPS) is 15.6. The largest absolute Gasteiger partial charge is 0.494 e. The molecule has 0 saturated carbocycles. The lowest BCUT2D eigenvalue weighted by Crippen LogP contribution is -2.44. The molecule has 1 aliphatic heterocycles. The van der Waals surface area contributed by atoms with Crippen molar-refractivity contribution in [3.05, 3.63) is 203 Å². The summed E-state index contributed by atoms with van der Waals surface area (Å²) in [6.07, 6.45) is 4.09. The van der Waals surface area contributed by atoms with Crippen molar-refractivity contribution in [1.29, 1.82) is 0 Å². The van der Waals surface area contributed by atoms with Crippen LogP contribution < -0.4 is 36.4 Å². The maximum atomic E-state index is 14.0. The number of hydrogen-bond acceptors (Lipinski definition) is 13. The Kier molecular flexibility index (Phi) is 15.8. The van der Waals surface area contributed by atoms with E-state index in [4.69, 9.17) is 14.2 Å². The molecule has 3 aliphatic rings. The summed E-state index contributed by atoms with van der Waals surface area (Å²) < 4.78 is 59.1. The molecule has 6 N–H and O–H groups in total. The summed E-state index contributed by atoms with van der Waals surface area (Å²) >= 11 is 0. The van der Waals surface area contributed by atoms with Gasteiger partial charge >= 0.3 is 18.2 Å². The molecule has 9 rings (SSSR count). The Morgan fingerprint density at radius 2 is 1.43 bits per heavy atom. The number of hydrogen-bond donors (Lipinski definition) is 6. The SMILES string of the molecule is O=C(NCc1cc(Oc2cccc(C(=O)NCCNC(=O)c3ccc(N=Nc4ccc(OCCCN5NNC=C5C5(C(=O)O)C=CC=CC5)cc4)cc3)c2)nc(C(F)(F)F)c1)OCC1c2ccccc2-c2ccccc21. The Hall–Kier alpha value is -9.30. The van der Waals surface area contributed by atoms with Gasteiger partial charge in [0.05, 0.1) is 23.7 Å². The van der Waals surface area contributed by atoms with Crippen LogP contribution in [0, 0.1) is 5.41 Å². The van der Waals surface area contributed by atoms with E-state index >= 15 is 0 Å². The molecule has 6 aromatic rings. The van der Waals surface area contributed by atoms with Gasteiger partial charge in [-0.3, -0.25) is 19.4 Å². The van der Waals surface area contributed by atoms with Crippen molar-refractivity contribution in [2.75, 3.05) is 32.8 Å². The van der Waals surface area contributed by atoms with E-state index in [1.165, 1.54) is 30.3 Å². The van der Waals surface area contributed by atoms with Gasteiger partial charge in [0, 0.05) is 61.9 Å². The Bertz CT molecular complexity index is 3190. The fourth-order valence-corrected chi connectivity index (χ4v) is 8.82. The predicted octanol–water partition coefficient (Wildman–Crippen LogP) is 10.0. The van der Waals surface area contributed by atoms with Crippen LogP contribution in [0.4, 0.5) is 29.3 Å². The summed E-state index contributed by atoms with van der Waals surface area (Å²) in [6.45, 7) is 0.730. The van der Waals surface area contributed by atoms with E-state index in [1.807, 2.05) is 60.7 Å². The van der Waals surface area contributed by atoms with E-state index in [-0.39, 0.29) is 49.0 Å². The molecule has 2 aliphatic carbocycles. The predicted molar refractivity (Wildman–Crippen MR) is 274 cm³/mol.